The minimum absolute atomic E-state index is 1.09. The number of rotatable bonds is 14. The van der Waals surface area contributed by atoms with Gasteiger partial charge < -0.3 is 64.0 Å². The van der Waals surface area contributed by atoms with Crippen LogP contribution in [0, 0.1) is 0 Å². The standard InChI is InChI=1S/C6H18O24P6.C4H11N/c7-31(8,9)25-1-2(26-32(10,11)12)4(28-34(16,17)18)6(30-36(22,23)24)5(29-35(19,20)21)3(1)27-33(13,14)15;1-3-5-4-2/h1-6H,(H2,7,8,9)(H2,10,11,12)(H2,13,14,15)(H2,16,17,18)(H2,19,20,21)(H2,22,23,24);5H,3-4H2,1-2H3. The van der Waals surface area contributed by atoms with Gasteiger partial charge in [-0.25, -0.2) is 27.4 Å². The van der Waals surface area contributed by atoms with Crippen LogP contribution in [0.25, 0.3) is 0 Å². The van der Waals surface area contributed by atoms with Crippen molar-refractivity contribution in [3.63, 3.8) is 0 Å². The Bertz CT molecular complexity index is 879. The number of phosphoric acid groups is 6. The first-order valence-electron chi connectivity index (χ1n) is 10.1. The molecule has 1 fully saturated rings. The summed E-state index contributed by atoms with van der Waals surface area (Å²) in [5.74, 6) is 0. The van der Waals surface area contributed by atoms with Gasteiger partial charge >= 0.3 is 46.9 Å². The van der Waals surface area contributed by atoms with Gasteiger partial charge in [0.25, 0.3) is 0 Å². The zero-order valence-electron chi connectivity index (χ0n) is 20.3. The molecule has 0 atom stereocenters. The molecule has 0 bridgehead atoms. The van der Waals surface area contributed by atoms with Crippen LogP contribution < -0.4 is 5.32 Å². The summed E-state index contributed by atoms with van der Waals surface area (Å²) in [5, 5.41) is 3.11. The lowest BCUT2D eigenvalue weighted by atomic mass is 9.85. The van der Waals surface area contributed by atoms with Crippen LogP contribution in [0.5, 0.6) is 0 Å². The molecule has 1 saturated carbocycles. The molecule has 13 N–H and O–H groups in total. The second kappa shape index (κ2) is 15.8. The Morgan fingerprint density at radius 1 is 0.390 bits per heavy atom. The van der Waals surface area contributed by atoms with Crippen LogP contribution in [0.2, 0.25) is 0 Å². The zero-order chi connectivity index (χ0) is 32.8. The van der Waals surface area contributed by atoms with Crippen molar-refractivity contribution in [3.8, 4) is 0 Å². The van der Waals surface area contributed by atoms with E-state index in [4.69, 9.17) is 58.7 Å². The van der Waals surface area contributed by atoms with Crippen LogP contribution in [-0.4, -0.2) is 108 Å². The van der Waals surface area contributed by atoms with E-state index in [0.29, 0.717) is 0 Å². The molecule has 1 aliphatic carbocycles. The van der Waals surface area contributed by atoms with Crippen molar-refractivity contribution in [2.24, 2.45) is 0 Å². The molecular formula is C10H29NO24P6. The molecule has 0 amide bonds. The van der Waals surface area contributed by atoms with Gasteiger partial charge in [-0.2, -0.15) is 0 Å². The normalized spacial score (nSPS) is 26.8. The average Bonchev–Trinajstić information content (AvgIpc) is 2.66. The monoisotopic (exact) mass is 733 g/mol. The van der Waals surface area contributed by atoms with E-state index in [2.05, 4.69) is 46.3 Å². The molecule has 248 valence electrons. The van der Waals surface area contributed by atoms with E-state index in [0.717, 1.165) is 13.1 Å². The SMILES string of the molecule is CCNCC.O=P(O)(O)OC1C(OP(=O)(O)O)C(OP(=O)(O)O)C(OP(=O)(O)O)C(OP(=O)(O)O)C1OP(=O)(O)O. The van der Waals surface area contributed by atoms with Crippen LogP contribution in [-0.2, 0) is 54.5 Å². The topological polar surface area (TPSA) is 413 Å². The Kier molecular flexibility index (Phi) is 16.0. The van der Waals surface area contributed by atoms with Crippen molar-refractivity contribution in [3.05, 3.63) is 0 Å². The number of hydrogen-bond donors (Lipinski definition) is 13. The average molecular weight is 733 g/mol. The van der Waals surface area contributed by atoms with Crippen LogP contribution in [0.15, 0.2) is 0 Å². The van der Waals surface area contributed by atoms with Crippen molar-refractivity contribution in [2.45, 2.75) is 50.5 Å². The van der Waals surface area contributed by atoms with Crippen molar-refractivity contribution >= 4 is 46.9 Å². The highest BCUT2D eigenvalue weighted by Crippen LogP contribution is 2.57. The second-order valence-electron chi connectivity index (χ2n) is 7.32. The van der Waals surface area contributed by atoms with Gasteiger partial charge in [-0.05, 0) is 13.1 Å². The maximum absolute atomic E-state index is 11.4. The zero-order valence-corrected chi connectivity index (χ0v) is 25.7. The Hall–Kier alpha value is 0.620. The summed E-state index contributed by atoms with van der Waals surface area (Å²) in [6.45, 7) is 6.39. The molecule has 1 rings (SSSR count). The number of nitrogens with one attached hydrogen (secondary N) is 1. The molecular weight excluding hydrogens is 704 g/mol. The second-order valence-corrected chi connectivity index (χ2v) is 14.5. The summed E-state index contributed by atoms with van der Waals surface area (Å²) in [7, 11) is -36.1. The van der Waals surface area contributed by atoms with E-state index in [1.54, 1.807) is 0 Å². The lowest BCUT2D eigenvalue weighted by molar-refractivity contribution is -0.202. The van der Waals surface area contributed by atoms with E-state index in [1.807, 2.05) is 0 Å². The first kappa shape index (κ1) is 41.6. The molecule has 41 heavy (non-hydrogen) atoms. The first-order valence-corrected chi connectivity index (χ1v) is 19.3. The van der Waals surface area contributed by atoms with E-state index in [-0.39, 0.29) is 0 Å². The lowest BCUT2D eigenvalue weighted by Gasteiger charge is -2.48. The summed E-state index contributed by atoms with van der Waals surface area (Å²) in [6.07, 6.45) is -18.9. The predicted molar refractivity (Wildman–Crippen MR) is 126 cm³/mol. The molecule has 0 spiro atoms. The summed E-state index contributed by atoms with van der Waals surface area (Å²) in [6, 6.07) is 0. The highest BCUT2D eigenvalue weighted by molar-refractivity contribution is 7.47. The van der Waals surface area contributed by atoms with E-state index in [1.165, 1.54) is 0 Å². The summed E-state index contributed by atoms with van der Waals surface area (Å²) >= 11 is 0. The fourth-order valence-electron chi connectivity index (χ4n) is 3.04. The third kappa shape index (κ3) is 18.9. The highest BCUT2D eigenvalue weighted by Gasteiger charge is 2.62. The van der Waals surface area contributed by atoms with Crippen molar-refractivity contribution in [1.82, 2.24) is 5.32 Å². The number of phosphoric ester groups is 6. The molecule has 0 aromatic carbocycles. The fraction of sp³-hybridized carbons (Fsp3) is 1.00. The Balaban J connectivity index is 0.00000292. The van der Waals surface area contributed by atoms with Gasteiger partial charge in [0.1, 0.15) is 36.6 Å². The Labute approximate surface area is 229 Å². The summed E-state index contributed by atoms with van der Waals surface area (Å²) < 4.78 is 93.1. The molecule has 31 heteroatoms. The number of hydrogen-bond acceptors (Lipinski definition) is 13. The van der Waals surface area contributed by atoms with Crippen LogP contribution in [0.4, 0.5) is 0 Å². The van der Waals surface area contributed by atoms with Gasteiger partial charge in [-0.3, -0.25) is 27.1 Å². The molecule has 0 saturated heterocycles. The summed E-state index contributed by atoms with van der Waals surface area (Å²) in [5.41, 5.74) is 0. The maximum atomic E-state index is 11.4. The van der Waals surface area contributed by atoms with Crippen LogP contribution >= 0.6 is 46.9 Å². The quantitative estimate of drug-likeness (QED) is 0.0819. The molecule has 1 aliphatic rings. The first-order chi connectivity index (χ1) is 18.0. The van der Waals surface area contributed by atoms with Crippen molar-refractivity contribution in [1.29, 1.82) is 0 Å². The van der Waals surface area contributed by atoms with Gasteiger partial charge in [0.15, 0.2) is 0 Å². The molecule has 0 aliphatic heterocycles. The van der Waals surface area contributed by atoms with E-state index < -0.39 is 83.6 Å². The maximum Gasteiger partial charge on any atom is 0.470 e. The molecule has 25 nitrogen and oxygen atoms in total. The van der Waals surface area contributed by atoms with Crippen LogP contribution in [0.3, 0.4) is 0 Å². The molecule has 0 radical (unpaired) electrons. The largest absolute Gasteiger partial charge is 0.470 e. The van der Waals surface area contributed by atoms with Gasteiger partial charge in [0.05, 0.1) is 0 Å². The lowest BCUT2D eigenvalue weighted by Crippen LogP contribution is -2.66. The fourth-order valence-corrected chi connectivity index (χ4v) is 6.39. The molecule has 0 heterocycles. The van der Waals surface area contributed by atoms with Gasteiger partial charge in [0.2, 0.25) is 0 Å². The molecule has 0 aromatic heterocycles. The Morgan fingerprint density at radius 2 is 0.512 bits per heavy atom. The minimum Gasteiger partial charge on any atom is -0.317 e. The summed E-state index contributed by atoms with van der Waals surface area (Å²) in [4.78, 5) is 110. The predicted octanol–water partition coefficient (Wildman–Crippen LogP) is -2.52. The smallest absolute Gasteiger partial charge is 0.317 e. The third-order valence-electron chi connectivity index (χ3n) is 4.00. The van der Waals surface area contributed by atoms with Gasteiger partial charge in [0, 0.05) is 0 Å². The third-order valence-corrected chi connectivity index (χ3v) is 7.11. The minimum atomic E-state index is -6.02. The van der Waals surface area contributed by atoms with E-state index >= 15 is 0 Å². The Morgan fingerprint density at radius 3 is 0.561 bits per heavy atom. The van der Waals surface area contributed by atoms with Crippen LogP contribution in [0.1, 0.15) is 13.8 Å². The molecule has 0 unspecified atom stereocenters. The molecule has 0 aromatic rings. The van der Waals surface area contributed by atoms with Crippen molar-refractivity contribution < 1.29 is 113 Å². The highest BCUT2D eigenvalue weighted by atomic mass is 31.2. The van der Waals surface area contributed by atoms with Gasteiger partial charge in [-0.15, -0.1) is 0 Å². The van der Waals surface area contributed by atoms with Crippen molar-refractivity contribution in [2.75, 3.05) is 13.1 Å². The van der Waals surface area contributed by atoms with E-state index in [9.17, 15) is 27.4 Å². The van der Waals surface area contributed by atoms with Gasteiger partial charge in [-0.1, -0.05) is 13.8 Å².